The number of hydrogen-bond acceptors (Lipinski definition) is 2. The Labute approximate surface area is 157 Å². The van der Waals surface area contributed by atoms with Gasteiger partial charge in [0.2, 0.25) is 5.91 Å². The van der Waals surface area contributed by atoms with E-state index in [4.69, 9.17) is 16.3 Å². The van der Waals surface area contributed by atoms with Crippen LogP contribution in [0.1, 0.15) is 11.1 Å². The van der Waals surface area contributed by atoms with E-state index in [1.807, 2.05) is 66.7 Å². The van der Waals surface area contributed by atoms with Crippen LogP contribution in [0.4, 0.5) is 5.69 Å². The molecule has 0 spiro atoms. The van der Waals surface area contributed by atoms with Crippen LogP contribution in [-0.2, 0) is 11.4 Å². The molecular weight excluding hydrogens is 346 g/mol. The van der Waals surface area contributed by atoms with E-state index < -0.39 is 0 Å². The van der Waals surface area contributed by atoms with Crippen LogP contribution in [0.5, 0.6) is 5.75 Å². The molecule has 0 aliphatic heterocycles. The predicted octanol–water partition coefficient (Wildman–Crippen LogP) is 5.57. The molecule has 0 saturated heterocycles. The molecule has 0 atom stereocenters. The standard InChI is InChI=1S/C22H18ClNO2/c23-19-9-6-17(7-10-19)8-15-22(25)24-20-11-13-21(14-12-20)26-16-18-4-2-1-3-5-18/h1-15H,16H2,(H,24,25). The SMILES string of the molecule is O=C(C=Cc1ccc(Cl)cc1)Nc1ccc(OCc2ccccc2)cc1. The van der Waals surface area contributed by atoms with Gasteiger partial charge in [0.05, 0.1) is 0 Å². The van der Waals surface area contributed by atoms with Crippen LogP contribution in [0.15, 0.2) is 84.9 Å². The highest BCUT2D eigenvalue weighted by atomic mass is 35.5. The molecule has 130 valence electrons. The van der Waals surface area contributed by atoms with E-state index in [0.717, 1.165) is 16.9 Å². The summed E-state index contributed by atoms with van der Waals surface area (Å²) < 4.78 is 5.73. The Balaban J connectivity index is 1.51. The summed E-state index contributed by atoms with van der Waals surface area (Å²) in [6.07, 6.45) is 3.23. The van der Waals surface area contributed by atoms with Crippen LogP contribution in [0, 0.1) is 0 Å². The first-order valence-corrected chi connectivity index (χ1v) is 8.58. The summed E-state index contributed by atoms with van der Waals surface area (Å²) in [6.45, 7) is 0.510. The number of rotatable bonds is 6. The van der Waals surface area contributed by atoms with Gasteiger partial charge in [-0.25, -0.2) is 0 Å². The summed E-state index contributed by atoms with van der Waals surface area (Å²) in [5.41, 5.74) is 2.73. The third-order valence-corrected chi connectivity index (χ3v) is 3.92. The van der Waals surface area contributed by atoms with Crippen molar-refractivity contribution in [2.75, 3.05) is 5.32 Å². The molecule has 0 aromatic heterocycles. The molecule has 4 heteroatoms. The maximum Gasteiger partial charge on any atom is 0.248 e. The van der Waals surface area contributed by atoms with Gasteiger partial charge in [0, 0.05) is 16.8 Å². The number of carbonyl (C=O) groups excluding carboxylic acids is 1. The van der Waals surface area contributed by atoms with Crippen LogP contribution < -0.4 is 10.1 Å². The first-order chi connectivity index (χ1) is 12.7. The Morgan fingerprint density at radius 1 is 0.923 bits per heavy atom. The van der Waals surface area contributed by atoms with Gasteiger partial charge in [-0.05, 0) is 53.6 Å². The van der Waals surface area contributed by atoms with Gasteiger partial charge in [-0.3, -0.25) is 4.79 Å². The number of amides is 1. The van der Waals surface area contributed by atoms with Crippen molar-refractivity contribution in [2.45, 2.75) is 6.61 Å². The van der Waals surface area contributed by atoms with E-state index in [-0.39, 0.29) is 5.91 Å². The lowest BCUT2D eigenvalue weighted by atomic mass is 10.2. The largest absolute Gasteiger partial charge is 0.489 e. The normalized spacial score (nSPS) is 10.7. The van der Waals surface area contributed by atoms with Crippen molar-refractivity contribution in [1.82, 2.24) is 0 Å². The second kappa shape index (κ2) is 8.88. The molecule has 3 aromatic rings. The van der Waals surface area contributed by atoms with E-state index in [0.29, 0.717) is 17.3 Å². The number of ether oxygens (including phenoxy) is 1. The van der Waals surface area contributed by atoms with Gasteiger partial charge < -0.3 is 10.1 Å². The molecule has 3 nitrogen and oxygen atoms in total. The maximum absolute atomic E-state index is 12.0. The first kappa shape index (κ1) is 17.8. The Morgan fingerprint density at radius 2 is 1.62 bits per heavy atom. The highest BCUT2D eigenvalue weighted by Gasteiger charge is 2.00. The van der Waals surface area contributed by atoms with E-state index in [2.05, 4.69) is 5.32 Å². The molecule has 0 aliphatic carbocycles. The fourth-order valence-electron chi connectivity index (χ4n) is 2.31. The van der Waals surface area contributed by atoms with Gasteiger partial charge in [0.25, 0.3) is 0 Å². The number of nitrogens with one attached hydrogen (secondary N) is 1. The van der Waals surface area contributed by atoms with Gasteiger partial charge in [0.15, 0.2) is 0 Å². The molecule has 1 N–H and O–H groups in total. The van der Waals surface area contributed by atoms with Crippen molar-refractivity contribution < 1.29 is 9.53 Å². The predicted molar refractivity (Wildman–Crippen MR) is 106 cm³/mol. The monoisotopic (exact) mass is 363 g/mol. The van der Waals surface area contributed by atoms with Crippen molar-refractivity contribution >= 4 is 29.3 Å². The molecule has 1 amide bonds. The quantitative estimate of drug-likeness (QED) is 0.581. The molecule has 0 aliphatic rings. The van der Waals surface area contributed by atoms with Gasteiger partial charge in [-0.2, -0.15) is 0 Å². The second-order valence-corrected chi connectivity index (χ2v) is 6.11. The summed E-state index contributed by atoms with van der Waals surface area (Å²) in [6, 6.07) is 24.5. The molecule has 0 fully saturated rings. The van der Waals surface area contributed by atoms with Crippen molar-refractivity contribution in [3.05, 3.63) is 101 Å². The number of benzene rings is 3. The van der Waals surface area contributed by atoms with Crippen LogP contribution in [0.25, 0.3) is 6.08 Å². The van der Waals surface area contributed by atoms with Gasteiger partial charge >= 0.3 is 0 Å². The lowest BCUT2D eigenvalue weighted by Gasteiger charge is -2.07. The number of hydrogen-bond donors (Lipinski definition) is 1. The fourth-order valence-corrected chi connectivity index (χ4v) is 2.43. The molecule has 0 saturated carbocycles. The maximum atomic E-state index is 12.0. The smallest absolute Gasteiger partial charge is 0.248 e. The lowest BCUT2D eigenvalue weighted by Crippen LogP contribution is -2.07. The number of anilines is 1. The zero-order valence-electron chi connectivity index (χ0n) is 14.1. The fraction of sp³-hybridized carbons (Fsp3) is 0.0455. The Morgan fingerprint density at radius 3 is 2.31 bits per heavy atom. The van der Waals surface area contributed by atoms with Gasteiger partial charge in [-0.15, -0.1) is 0 Å². The highest BCUT2D eigenvalue weighted by molar-refractivity contribution is 6.30. The average molecular weight is 364 g/mol. The Kier molecular flexibility index (Phi) is 6.07. The molecule has 0 unspecified atom stereocenters. The van der Waals surface area contributed by atoms with E-state index in [1.165, 1.54) is 6.08 Å². The van der Waals surface area contributed by atoms with Crippen molar-refractivity contribution in [1.29, 1.82) is 0 Å². The minimum atomic E-state index is -0.196. The molecule has 26 heavy (non-hydrogen) atoms. The van der Waals surface area contributed by atoms with Crippen LogP contribution in [-0.4, -0.2) is 5.91 Å². The second-order valence-electron chi connectivity index (χ2n) is 5.67. The summed E-state index contributed by atoms with van der Waals surface area (Å²) in [5.74, 6) is 0.557. The molecule has 0 radical (unpaired) electrons. The summed E-state index contributed by atoms with van der Waals surface area (Å²) >= 11 is 5.84. The summed E-state index contributed by atoms with van der Waals surface area (Å²) in [5, 5.41) is 3.48. The Bertz CT molecular complexity index is 872. The van der Waals surface area contributed by atoms with Crippen molar-refractivity contribution in [2.24, 2.45) is 0 Å². The number of carbonyl (C=O) groups is 1. The summed E-state index contributed by atoms with van der Waals surface area (Å²) in [7, 11) is 0. The zero-order chi connectivity index (χ0) is 18.2. The molecule has 0 bridgehead atoms. The topological polar surface area (TPSA) is 38.3 Å². The van der Waals surface area contributed by atoms with E-state index >= 15 is 0 Å². The first-order valence-electron chi connectivity index (χ1n) is 8.20. The summed E-state index contributed by atoms with van der Waals surface area (Å²) in [4.78, 5) is 12.0. The average Bonchev–Trinajstić information content (AvgIpc) is 2.68. The van der Waals surface area contributed by atoms with Crippen molar-refractivity contribution in [3.8, 4) is 5.75 Å². The number of halogens is 1. The highest BCUT2D eigenvalue weighted by Crippen LogP contribution is 2.17. The van der Waals surface area contributed by atoms with Crippen LogP contribution in [0.3, 0.4) is 0 Å². The van der Waals surface area contributed by atoms with E-state index in [1.54, 1.807) is 18.2 Å². The van der Waals surface area contributed by atoms with Gasteiger partial charge in [-0.1, -0.05) is 54.1 Å². The van der Waals surface area contributed by atoms with Gasteiger partial charge in [0.1, 0.15) is 12.4 Å². The molecular formula is C22H18ClNO2. The van der Waals surface area contributed by atoms with Crippen LogP contribution >= 0.6 is 11.6 Å². The molecule has 3 rings (SSSR count). The minimum absolute atomic E-state index is 0.196. The van der Waals surface area contributed by atoms with Crippen molar-refractivity contribution in [3.63, 3.8) is 0 Å². The van der Waals surface area contributed by atoms with E-state index in [9.17, 15) is 4.79 Å². The Hall–Kier alpha value is -3.04. The molecule has 3 aromatic carbocycles. The zero-order valence-corrected chi connectivity index (χ0v) is 14.8. The van der Waals surface area contributed by atoms with Crippen LogP contribution in [0.2, 0.25) is 5.02 Å². The molecule has 0 heterocycles. The lowest BCUT2D eigenvalue weighted by molar-refractivity contribution is -0.111. The third kappa shape index (κ3) is 5.50. The minimum Gasteiger partial charge on any atom is -0.489 e. The third-order valence-electron chi connectivity index (χ3n) is 3.67.